The number of hydrogen-bond donors (Lipinski definition) is 0. The summed E-state index contributed by atoms with van der Waals surface area (Å²) < 4.78 is 7.30. The largest absolute Gasteiger partial charge is 0.309 e. The average molecular weight is 908 g/mol. The van der Waals surface area contributed by atoms with Gasteiger partial charge in [-0.2, -0.15) is 0 Å². The quantitative estimate of drug-likeness (QED) is 0.107. The van der Waals surface area contributed by atoms with Crippen molar-refractivity contribution in [1.82, 2.24) is 13.7 Å². The maximum atomic E-state index is 2.47. The molecule has 3 heterocycles. The molecular formula is C66H45N3Si. The number of fused-ring (bicyclic) bond motifs is 9. The van der Waals surface area contributed by atoms with Crippen LogP contribution in [-0.2, 0) is 0 Å². The molecule has 0 N–H and O–H groups in total. The van der Waals surface area contributed by atoms with Gasteiger partial charge in [0.2, 0.25) is 0 Å². The maximum Gasteiger partial charge on any atom is 0.179 e. The third-order valence-corrected chi connectivity index (χ3v) is 19.6. The van der Waals surface area contributed by atoms with E-state index in [1.807, 2.05) is 0 Å². The van der Waals surface area contributed by atoms with Crippen LogP contribution in [0.1, 0.15) is 0 Å². The summed E-state index contributed by atoms with van der Waals surface area (Å²) in [7, 11) is -2.67. The summed E-state index contributed by atoms with van der Waals surface area (Å²) in [6, 6.07) is 101. The van der Waals surface area contributed by atoms with Crippen LogP contribution in [0.4, 0.5) is 0 Å². The Kier molecular flexibility index (Phi) is 9.23. The van der Waals surface area contributed by atoms with Gasteiger partial charge in [0.1, 0.15) is 0 Å². The Morgan fingerprint density at radius 2 is 0.543 bits per heavy atom. The Morgan fingerprint density at radius 1 is 0.200 bits per heavy atom. The molecule has 328 valence electrons. The van der Waals surface area contributed by atoms with Gasteiger partial charge in [0.15, 0.2) is 8.07 Å². The van der Waals surface area contributed by atoms with E-state index in [1.165, 1.54) is 103 Å². The number of nitrogens with zero attached hydrogens (tertiary/aromatic N) is 3. The minimum Gasteiger partial charge on any atom is -0.309 e. The van der Waals surface area contributed by atoms with Crippen molar-refractivity contribution in [3.05, 3.63) is 273 Å². The molecule has 3 aromatic heterocycles. The molecule has 0 radical (unpaired) electrons. The molecule has 3 nitrogen and oxygen atoms in total. The van der Waals surface area contributed by atoms with Crippen molar-refractivity contribution in [2.75, 3.05) is 0 Å². The lowest BCUT2D eigenvalue weighted by Gasteiger charge is -2.34. The van der Waals surface area contributed by atoms with Crippen LogP contribution in [0.15, 0.2) is 273 Å². The summed E-state index contributed by atoms with van der Waals surface area (Å²) in [5, 5.41) is 12.9. The van der Waals surface area contributed by atoms with E-state index in [0.717, 1.165) is 11.4 Å². The smallest absolute Gasteiger partial charge is 0.179 e. The maximum absolute atomic E-state index is 2.67. The van der Waals surface area contributed by atoms with E-state index in [0.29, 0.717) is 0 Å². The van der Waals surface area contributed by atoms with Crippen molar-refractivity contribution >= 4 is 94.2 Å². The SMILES string of the molecule is c1ccc(-n2c3ccccc3c3cc(-c4ccc5c6ccccc6n(-c6ccc7c(c6)c6ccccc6n7-c6ccc([Si](c7ccccc7)(c7ccccc7)c7ccccc7)cc6)c5c4)ccc32)cc1. The fourth-order valence-corrected chi connectivity index (χ4v) is 16.5. The van der Waals surface area contributed by atoms with E-state index < -0.39 is 8.07 Å². The van der Waals surface area contributed by atoms with Gasteiger partial charge < -0.3 is 13.7 Å². The molecule has 0 atom stereocenters. The topological polar surface area (TPSA) is 14.8 Å². The third-order valence-electron chi connectivity index (χ3n) is 14.8. The predicted octanol–water partition coefficient (Wildman–Crippen LogP) is 14.0. The number of hydrogen-bond acceptors (Lipinski definition) is 0. The van der Waals surface area contributed by atoms with Crippen LogP contribution in [0.25, 0.3) is 93.6 Å². The Bertz CT molecular complexity index is 4170. The second kappa shape index (κ2) is 16.1. The van der Waals surface area contributed by atoms with Gasteiger partial charge in [0.25, 0.3) is 0 Å². The normalized spacial score (nSPS) is 12.0. The van der Waals surface area contributed by atoms with Crippen LogP contribution in [0.3, 0.4) is 0 Å². The van der Waals surface area contributed by atoms with Crippen molar-refractivity contribution < 1.29 is 0 Å². The number of rotatable bonds is 8. The minimum atomic E-state index is -2.67. The lowest BCUT2D eigenvalue weighted by Crippen LogP contribution is -2.74. The van der Waals surface area contributed by atoms with Gasteiger partial charge in [-0.15, -0.1) is 0 Å². The van der Waals surface area contributed by atoms with Gasteiger partial charge in [-0.3, -0.25) is 0 Å². The fourth-order valence-electron chi connectivity index (χ4n) is 11.7. The highest BCUT2D eigenvalue weighted by Gasteiger charge is 2.41. The molecule has 0 spiro atoms. The Morgan fingerprint density at radius 3 is 1.09 bits per heavy atom. The molecule has 0 unspecified atom stereocenters. The van der Waals surface area contributed by atoms with E-state index >= 15 is 0 Å². The molecular weight excluding hydrogens is 863 g/mol. The molecule has 0 amide bonds. The van der Waals surface area contributed by atoms with Crippen LogP contribution in [-0.4, -0.2) is 21.8 Å². The van der Waals surface area contributed by atoms with Crippen LogP contribution < -0.4 is 20.7 Å². The van der Waals surface area contributed by atoms with Crippen molar-refractivity contribution in [2.45, 2.75) is 0 Å². The molecule has 14 aromatic rings. The van der Waals surface area contributed by atoms with E-state index in [-0.39, 0.29) is 0 Å². The molecule has 0 fully saturated rings. The molecule has 0 saturated carbocycles. The van der Waals surface area contributed by atoms with Crippen LogP contribution in [0.5, 0.6) is 0 Å². The molecule has 0 aliphatic carbocycles. The summed E-state index contributed by atoms with van der Waals surface area (Å²) >= 11 is 0. The molecule has 0 bridgehead atoms. The van der Waals surface area contributed by atoms with E-state index in [4.69, 9.17) is 0 Å². The van der Waals surface area contributed by atoms with Gasteiger partial charge in [0, 0.05) is 49.4 Å². The number of para-hydroxylation sites is 4. The second-order valence-corrected chi connectivity index (χ2v) is 22.3. The van der Waals surface area contributed by atoms with Crippen LogP contribution in [0, 0.1) is 0 Å². The minimum absolute atomic E-state index is 1.14. The van der Waals surface area contributed by atoms with Crippen molar-refractivity contribution in [3.8, 4) is 28.2 Å². The molecule has 0 aliphatic heterocycles. The lowest BCUT2D eigenvalue weighted by molar-refractivity contribution is 1.17. The van der Waals surface area contributed by atoms with Gasteiger partial charge in [0.05, 0.1) is 33.1 Å². The monoisotopic (exact) mass is 907 g/mol. The highest BCUT2D eigenvalue weighted by atomic mass is 28.3. The first kappa shape index (κ1) is 40.1. The molecule has 0 saturated heterocycles. The van der Waals surface area contributed by atoms with Crippen molar-refractivity contribution in [2.24, 2.45) is 0 Å². The molecule has 70 heavy (non-hydrogen) atoms. The first-order chi connectivity index (χ1) is 34.7. The van der Waals surface area contributed by atoms with Gasteiger partial charge in [-0.25, -0.2) is 0 Å². The zero-order valence-corrected chi connectivity index (χ0v) is 39.3. The zero-order chi connectivity index (χ0) is 46.2. The molecule has 14 rings (SSSR count). The van der Waals surface area contributed by atoms with Crippen LogP contribution in [0.2, 0.25) is 0 Å². The molecule has 4 heteroatoms. The molecule has 11 aromatic carbocycles. The Balaban J connectivity index is 0.918. The van der Waals surface area contributed by atoms with E-state index in [1.54, 1.807) is 0 Å². The van der Waals surface area contributed by atoms with Crippen molar-refractivity contribution in [1.29, 1.82) is 0 Å². The van der Waals surface area contributed by atoms with Gasteiger partial charge >= 0.3 is 0 Å². The highest BCUT2D eigenvalue weighted by molar-refractivity contribution is 7.19. The standard InChI is InChI=1S/C66H45N3Si/c1-5-19-48(20-6-1)67-62-31-17-14-28-56(62)59-43-46(34-41-64(59)67)47-33-40-58-55-27-13-16-30-61(55)69(66(58)44-47)50-37-42-65-60(45-50)57-29-15-18-32-63(57)68(65)49-35-38-54(39-36-49)70(51-21-7-2-8-22-51,52-23-9-3-10-24-52)53-25-11-4-12-26-53/h1-45H. The van der Waals surface area contributed by atoms with E-state index in [9.17, 15) is 0 Å². The fraction of sp³-hybridized carbons (Fsp3) is 0. The van der Waals surface area contributed by atoms with E-state index in [2.05, 4.69) is 287 Å². The third kappa shape index (κ3) is 6.07. The molecule has 0 aliphatic rings. The van der Waals surface area contributed by atoms with Gasteiger partial charge in [-0.05, 0) is 111 Å². The number of benzene rings is 11. The highest BCUT2D eigenvalue weighted by Crippen LogP contribution is 2.40. The predicted molar refractivity (Wildman–Crippen MR) is 299 cm³/mol. The first-order valence-corrected chi connectivity index (χ1v) is 26.2. The number of aromatic nitrogens is 3. The zero-order valence-electron chi connectivity index (χ0n) is 38.3. The lowest BCUT2D eigenvalue weighted by atomic mass is 10.0. The Labute approximate surface area is 407 Å². The average Bonchev–Trinajstić information content (AvgIpc) is 4.07. The second-order valence-electron chi connectivity index (χ2n) is 18.5. The Hall–Kier alpha value is -8.96. The summed E-state index contributed by atoms with van der Waals surface area (Å²) in [4.78, 5) is 0. The van der Waals surface area contributed by atoms with Gasteiger partial charge in [-0.1, -0.05) is 194 Å². The summed E-state index contributed by atoms with van der Waals surface area (Å²) in [6.07, 6.45) is 0. The summed E-state index contributed by atoms with van der Waals surface area (Å²) in [5.41, 5.74) is 13.0. The summed E-state index contributed by atoms with van der Waals surface area (Å²) in [6.45, 7) is 0. The summed E-state index contributed by atoms with van der Waals surface area (Å²) in [5.74, 6) is 0. The van der Waals surface area contributed by atoms with Crippen LogP contribution >= 0.6 is 0 Å². The first-order valence-electron chi connectivity index (χ1n) is 24.2. The van der Waals surface area contributed by atoms with Crippen molar-refractivity contribution in [3.63, 3.8) is 0 Å².